The predicted molar refractivity (Wildman–Crippen MR) is 81.6 cm³/mol. The lowest BCUT2D eigenvalue weighted by Gasteiger charge is -2.19. The quantitative estimate of drug-likeness (QED) is 0.752. The zero-order valence-electron chi connectivity index (χ0n) is 12.9. The number of carbonyl (C=O) groups excluding carboxylic acids is 1. The van der Waals surface area contributed by atoms with E-state index in [1.807, 2.05) is 6.92 Å². The van der Waals surface area contributed by atoms with Gasteiger partial charge in [0, 0.05) is 13.7 Å². The van der Waals surface area contributed by atoms with Gasteiger partial charge < -0.3 is 15.8 Å². The molecule has 0 aromatic heterocycles. The first-order valence-electron chi connectivity index (χ1n) is 7.07. The average Bonchev–Trinajstić information content (AvgIpc) is 2.38. The number of nitrogens with two attached hydrogens (primary N) is 1. The Morgan fingerprint density at radius 3 is 2.70 bits per heavy atom. The summed E-state index contributed by atoms with van der Waals surface area (Å²) < 4.78 is 4.96. The molecule has 3 N–H and O–H groups in total. The van der Waals surface area contributed by atoms with Crippen molar-refractivity contribution < 1.29 is 9.53 Å². The summed E-state index contributed by atoms with van der Waals surface area (Å²) in [5.41, 5.74) is 9.42. The number of aryl methyl sites for hydroxylation is 2. The number of carbonyl (C=O) groups is 1. The van der Waals surface area contributed by atoms with Gasteiger partial charge in [0.2, 0.25) is 5.91 Å². The van der Waals surface area contributed by atoms with Crippen molar-refractivity contribution in [1.29, 1.82) is 0 Å². The summed E-state index contributed by atoms with van der Waals surface area (Å²) in [5.74, 6) is -0.103. The minimum atomic E-state index is -0.474. The molecule has 0 heterocycles. The third kappa shape index (κ3) is 4.94. The van der Waals surface area contributed by atoms with Crippen LogP contribution in [0.3, 0.4) is 0 Å². The van der Waals surface area contributed by atoms with Crippen molar-refractivity contribution in [2.45, 2.75) is 45.7 Å². The molecule has 0 saturated carbocycles. The van der Waals surface area contributed by atoms with Crippen LogP contribution in [-0.4, -0.2) is 25.7 Å². The van der Waals surface area contributed by atoms with Crippen molar-refractivity contribution >= 4 is 5.91 Å². The molecule has 4 nitrogen and oxygen atoms in total. The fourth-order valence-corrected chi connectivity index (χ4v) is 2.29. The van der Waals surface area contributed by atoms with Crippen molar-refractivity contribution in [2.75, 3.05) is 13.7 Å². The Kier molecular flexibility index (Phi) is 6.68. The SMILES string of the molecule is COCCCC(N)C(=O)NC(C)c1ccc(C)cc1C. The highest BCUT2D eigenvalue weighted by atomic mass is 16.5. The molecule has 1 aromatic carbocycles. The van der Waals surface area contributed by atoms with Gasteiger partial charge in [-0.2, -0.15) is 0 Å². The van der Waals surface area contributed by atoms with Crippen LogP contribution in [-0.2, 0) is 9.53 Å². The molecule has 1 rings (SSSR count). The fourth-order valence-electron chi connectivity index (χ4n) is 2.29. The average molecular weight is 278 g/mol. The van der Waals surface area contributed by atoms with E-state index in [2.05, 4.69) is 37.4 Å². The minimum Gasteiger partial charge on any atom is -0.385 e. The maximum atomic E-state index is 12.0. The number of rotatable bonds is 7. The number of ether oxygens (including phenoxy) is 1. The number of amides is 1. The van der Waals surface area contributed by atoms with Gasteiger partial charge in [-0.1, -0.05) is 23.8 Å². The highest BCUT2D eigenvalue weighted by Gasteiger charge is 2.17. The third-order valence-corrected chi connectivity index (χ3v) is 3.45. The van der Waals surface area contributed by atoms with Gasteiger partial charge in [0.05, 0.1) is 12.1 Å². The van der Waals surface area contributed by atoms with E-state index in [1.54, 1.807) is 7.11 Å². The van der Waals surface area contributed by atoms with Crippen LogP contribution in [0.1, 0.15) is 42.5 Å². The van der Waals surface area contributed by atoms with Gasteiger partial charge in [0.15, 0.2) is 0 Å². The Morgan fingerprint density at radius 1 is 1.40 bits per heavy atom. The van der Waals surface area contributed by atoms with Crippen LogP contribution >= 0.6 is 0 Å². The summed E-state index contributed by atoms with van der Waals surface area (Å²) in [6.45, 7) is 6.74. The summed E-state index contributed by atoms with van der Waals surface area (Å²) in [6.07, 6.45) is 1.43. The van der Waals surface area contributed by atoms with Gasteiger partial charge in [-0.25, -0.2) is 0 Å². The normalized spacial score (nSPS) is 13.8. The third-order valence-electron chi connectivity index (χ3n) is 3.45. The summed E-state index contributed by atoms with van der Waals surface area (Å²) in [6, 6.07) is 5.74. The number of hydrogen-bond donors (Lipinski definition) is 2. The van der Waals surface area contributed by atoms with E-state index in [4.69, 9.17) is 10.5 Å². The Labute approximate surface area is 121 Å². The standard InChI is InChI=1S/C16H26N2O2/c1-11-7-8-14(12(2)10-11)13(3)18-16(19)15(17)6-5-9-20-4/h7-8,10,13,15H,5-6,9,17H2,1-4H3,(H,18,19). The molecule has 0 aliphatic rings. The number of nitrogens with one attached hydrogen (secondary N) is 1. The molecule has 2 atom stereocenters. The first kappa shape index (κ1) is 16.7. The highest BCUT2D eigenvalue weighted by Crippen LogP contribution is 2.18. The topological polar surface area (TPSA) is 64.3 Å². The molecule has 2 unspecified atom stereocenters. The second-order valence-electron chi connectivity index (χ2n) is 5.33. The molecule has 4 heteroatoms. The zero-order chi connectivity index (χ0) is 15.1. The van der Waals surface area contributed by atoms with Crippen molar-refractivity contribution in [3.8, 4) is 0 Å². The van der Waals surface area contributed by atoms with Crippen LogP contribution in [0.4, 0.5) is 0 Å². The van der Waals surface area contributed by atoms with Crippen LogP contribution < -0.4 is 11.1 Å². The van der Waals surface area contributed by atoms with Gasteiger partial charge in [-0.3, -0.25) is 4.79 Å². The predicted octanol–water partition coefficient (Wildman–Crippen LogP) is 2.23. The molecule has 112 valence electrons. The largest absolute Gasteiger partial charge is 0.385 e. The van der Waals surface area contributed by atoms with E-state index >= 15 is 0 Å². The minimum absolute atomic E-state index is 0.0309. The van der Waals surface area contributed by atoms with Gasteiger partial charge in [0.25, 0.3) is 0 Å². The van der Waals surface area contributed by atoms with Crippen molar-refractivity contribution in [2.24, 2.45) is 5.73 Å². The molecule has 0 saturated heterocycles. The summed E-state index contributed by atoms with van der Waals surface area (Å²) in [4.78, 5) is 12.0. The van der Waals surface area contributed by atoms with Gasteiger partial charge in [0.1, 0.15) is 0 Å². The maximum Gasteiger partial charge on any atom is 0.237 e. The van der Waals surface area contributed by atoms with E-state index in [0.717, 1.165) is 12.0 Å². The van der Waals surface area contributed by atoms with Crippen LogP contribution in [0.25, 0.3) is 0 Å². The molecule has 0 radical (unpaired) electrons. The van der Waals surface area contributed by atoms with Crippen molar-refractivity contribution in [1.82, 2.24) is 5.32 Å². The second kappa shape index (κ2) is 8.02. The lowest BCUT2D eigenvalue weighted by atomic mass is 10.00. The number of hydrogen-bond acceptors (Lipinski definition) is 3. The van der Waals surface area contributed by atoms with E-state index in [9.17, 15) is 4.79 Å². The Balaban J connectivity index is 2.56. The molecular weight excluding hydrogens is 252 g/mol. The monoisotopic (exact) mass is 278 g/mol. The van der Waals surface area contributed by atoms with Gasteiger partial charge in [-0.05, 0) is 44.7 Å². The molecule has 0 aliphatic heterocycles. The summed E-state index contributed by atoms with van der Waals surface area (Å²) >= 11 is 0. The Morgan fingerprint density at radius 2 is 2.10 bits per heavy atom. The zero-order valence-corrected chi connectivity index (χ0v) is 12.9. The van der Waals surface area contributed by atoms with Crippen LogP contribution in [0.15, 0.2) is 18.2 Å². The van der Waals surface area contributed by atoms with E-state index in [0.29, 0.717) is 13.0 Å². The number of methoxy groups -OCH3 is 1. The van der Waals surface area contributed by atoms with Gasteiger partial charge >= 0.3 is 0 Å². The van der Waals surface area contributed by atoms with Crippen molar-refractivity contribution in [3.63, 3.8) is 0 Å². The molecule has 0 spiro atoms. The fraction of sp³-hybridized carbons (Fsp3) is 0.562. The van der Waals surface area contributed by atoms with Gasteiger partial charge in [-0.15, -0.1) is 0 Å². The lowest BCUT2D eigenvalue weighted by Crippen LogP contribution is -2.41. The second-order valence-corrected chi connectivity index (χ2v) is 5.33. The molecule has 1 aromatic rings. The first-order chi connectivity index (χ1) is 9.45. The van der Waals surface area contributed by atoms with E-state index < -0.39 is 6.04 Å². The Hall–Kier alpha value is -1.39. The van der Waals surface area contributed by atoms with Crippen molar-refractivity contribution in [3.05, 3.63) is 34.9 Å². The Bertz CT molecular complexity index is 446. The molecule has 0 fully saturated rings. The summed E-state index contributed by atoms with van der Waals surface area (Å²) in [7, 11) is 1.65. The van der Waals surface area contributed by atoms with Crippen LogP contribution in [0.5, 0.6) is 0 Å². The molecule has 1 amide bonds. The highest BCUT2D eigenvalue weighted by molar-refractivity contribution is 5.81. The van der Waals surface area contributed by atoms with E-state index in [1.165, 1.54) is 11.1 Å². The molecule has 0 aliphatic carbocycles. The smallest absolute Gasteiger partial charge is 0.237 e. The van der Waals surface area contributed by atoms with Crippen LogP contribution in [0.2, 0.25) is 0 Å². The lowest BCUT2D eigenvalue weighted by molar-refractivity contribution is -0.123. The summed E-state index contributed by atoms with van der Waals surface area (Å²) in [5, 5.41) is 2.98. The number of benzene rings is 1. The molecule has 0 bridgehead atoms. The maximum absolute atomic E-state index is 12.0. The molecular formula is C16H26N2O2. The first-order valence-corrected chi connectivity index (χ1v) is 7.07. The van der Waals surface area contributed by atoms with Crippen LogP contribution in [0, 0.1) is 13.8 Å². The molecule has 20 heavy (non-hydrogen) atoms. The van der Waals surface area contributed by atoms with E-state index in [-0.39, 0.29) is 11.9 Å².